The lowest BCUT2D eigenvalue weighted by atomic mass is 10.1. The molecule has 120 valence electrons. The van der Waals surface area contributed by atoms with Crippen LogP contribution in [0.4, 0.5) is 17.1 Å². The molecule has 1 aromatic heterocycles. The Hall–Kier alpha value is -2.95. The number of aryl methyl sites for hydroxylation is 2. The number of hydrogen-bond acceptors (Lipinski definition) is 5. The van der Waals surface area contributed by atoms with Gasteiger partial charge in [0.15, 0.2) is 0 Å². The molecular weight excluding hydrogens is 302 g/mol. The van der Waals surface area contributed by atoms with Crippen LogP contribution in [-0.4, -0.2) is 4.98 Å². The second-order valence-corrected chi connectivity index (χ2v) is 6.04. The van der Waals surface area contributed by atoms with Crippen LogP contribution in [-0.2, 0) is 19.4 Å². The molecule has 0 unspecified atom stereocenters. The molecule has 0 saturated carbocycles. The molecule has 1 aliphatic carbocycles. The van der Waals surface area contributed by atoms with Crippen LogP contribution in [0.2, 0.25) is 0 Å². The second-order valence-electron chi connectivity index (χ2n) is 6.04. The molecule has 0 amide bonds. The third-order valence-corrected chi connectivity index (χ3v) is 4.45. The van der Waals surface area contributed by atoms with Crippen molar-refractivity contribution in [3.8, 4) is 0 Å². The second kappa shape index (κ2) is 5.92. The predicted molar refractivity (Wildman–Crippen MR) is 94.7 cm³/mol. The maximum Gasteiger partial charge on any atom is 0.253 e. The summed E-state index contributed by atoms with van der Waals surface area (Å²) in [6.07, 6.45) is 5.06. The Labute approximate surface area is 139 Å². The monoisotopic (exact) mass is 319 g/mol. The molecule has 0 spiro atoms. The molecule has 3 aromatic rings. The van der Waals surface area contributed by atoms with Crippen LogP contribution in [0.3, 0.4) is 0 Å². The van der Waals surface area contributed by atoms with E-state index in [4.69, 9.17) is 0 Å². The summed E-state index contributed by atoms with van der Waals surface area (Å²) in [5.41, 5.74) is 4.09. The minimum Gasteiger partial charge on any atom is -0.374 e. The quantitative estimate of drug-likeness (QED) is 0.707. The number of rotatable bonds is 5. The van der Waals surface area contributed by atoms with Gasteiger partial charge < -0.3 is 10.6 Å². The molecule has 0 saturated heterocycles. The highest BCUT2D eigenvalue weighted by Crippen LogP contribution is 2.27. The molecule has 2 aromatic carbocycles. The van der Waals surface area contributed by atoms with E-state index >= 15 is 0 Å². The number of nitrogens with zero attached hydrogens (tertiary/aromatic N) is 1. The zero-order valence-corrected chi connectivity index (χ0v) is 13.1. The Balaban J connectivity index is 1.53. The average Bonchev–Trinajstić information content (AvgIpc) is 3.09. The highest BCUT2D eigenvalue weighted by Gasteiger charge is 2.21. The summed E-state index contributed by atoms with van der Waals surface area (Å²) in [7, 11) is 0. The van der Waals surface area contributed by atoms with E-state index in [0.717, 1.165) is 24.2 Å². The van der Waals surface area contributed by atoms with Gasteiger partial charge in [-0.25, -0.2) is 0 Å². The number of aromatic nitrogens is 1. The van der Waals surface area contributed by atoms with Crippen LogP contribution in [0.15, 0.2) is 52.2 Å². The van der Waals surface area contributed by atoms with Gasteiger partial charge in [-0.2, -0.15) is 0 Å². The van der Waals surface area contributed by atoms with Crippen molar-refractivity contribution in [3.05, 3.63) is 79.9 Å². The zero-order chi connectivity index (χ0) is 16.5. The van der Waals surface area contributed by atoms with Crippen LogP contribution >= 0.6 is 0 Å². The van der Waals surface area contributed by atoms with E-state index < -0.39 is 10.9 Å². The van der Waals surface area contributed by atoms with E-state index in [1.807, 2.05) is 24.3 Å². The lowest BCUT2D eigenvalue weighted by molar-refractivity contribution is 0.912. The van der Waals surface area contributed by atoms with E-state index in [9.17, 15) is 9.59 Å². The smallest absolute Gasteiger partial charge is 0.253 e. The number of hydrogen-bond donors (Lipinski definition) is 2. The summed E-state index contributed by atoms with van der Waals surface area (Å²) in [4.78, 5) is 27.9. The SMILES string of the molecule is O=c1c(NCc2ccccn2)c(Nc2ccc3c(c2)CCC3)c1=O. The van der Waals surface area contributed by atoms with Crippen LogP contribution in [0, 0.1) is 0 Å². The largest absolute Gasteiger partial charge is 0.374 e. The Kier molecular flexibility index (Phi) is 3.61. The molecule has 0 aliphatic heterocycles. The van der Waals surface area contributed by atoms with Gasteiger partial charge in [0.05, 0.1) is 12.2 Å². The van der Waals surface area contributed by atoms with Crippen molar-refractivity contribution < 1.29 is 0 Å². The molecule has 24 heavy (non-hydrogen) atoms. The van der Waals surface area contributed by atoms with Gasteiger partial charge in [-0.3, -0.25) is 14.6 Å². The van der Waals surface area contributed by atoms with Gasteiger partial charge in [0, 0.05) is 11.9 Å². The summed E-state index contributed by atoms with van der Waals surface area (Å²) in [5, 5.41) is 6.12. The summed E-state index contributed by atoms with van der Waals surface area (Å²) >= 11 is 0. The Morgan fingerprint density at radius 3 is 2.62 bits per heavy atom. The van der Waals surface area contributed by atoms with Crippen molar-refractivity contribution in [2.24, 2.45) is 0 Å². The Bertz CT molecular complexity index is 957. The minimum atomic E-state index is -0.477. The average molecular weight is 319 g/mol. The van der Waals surface area contributed by atoms with Gasteiger partial charge >= 0.3 is 0 Å². The predicted octanol–water partition coefficient (Wildman–Crippen LogP) is 2.52. The van der Waals surface area contributed by atoms with Crippen molar-refractivity contribution in [3.63, 3.8) is 0 Å². The van der Waals surface area contributed by atoms with Gasteiger partial charge in [-0.05, 0) is 54.7 Å². The summed E-state index contributed by atoms with van der Waals surface area (Å²) in [5.74, 6) is 0. The van der Waals surface area contributed by atoms with Crippen LogP contribution < -0.4 is 21.5 Å². The molecule has 0 fully saturated rings. The first-order chi connectivity index (χ1) is 11.7. The first kappa shape index (κ1) is 14.6. The molecule has 1 aliphatic rings. The highest BCUT2D eigenvalue weighted by atomic mass is 16.2. The number of anilines is 3. The molecule has 2 N–H and O–H groups in total. The molecule has 1 heterocycles. The van der Waals surface area contributed by atoms with Crippen LogP contribution in [0.25, 0.3) is 0 Å². The lowest BCUT2D eigenvalue weighted by Gasteiger charge is -2.15. The molecule has 5 nitrogen and oxygen atoms in total. The third-order valence-electron chi connectivity index (χ3n) is 4.45. The fraction of sp³-hybridized carbons (Fsp3) is 0.211. The Morgan fingerprint density at radius 2 is 1.79 bits per heavy atom. The number of benzene rings is 1. The van der Waals surface area contributed by atoms with Crippen LogP contribution in [0.5, 0.6) is 0 Å². The summed E-state index contributed by atoms with van der Waals surface area (Å²) < 4.78 is 0. The molecule has 5 heteroatoms. The molecule has 4 rings (SSSR count). The van der Waals surface area contributed by atoms with Crippen molar-refractivity contribution in [2.75, 3.05) is 10.6 Å². The summed E-state index contributed by atoms with van der Waals surface area (Å²) in [6.45, 7) is 0.407. The summed E-state index contributed by atoms with van der Waals surface area (Å²) in [6, 6.07) is 11.7. The van der Waals surface area contributed by atoms with Crippen molar-refractivity contribution in [1.82, 2.24) is 4.98 Å². The van der Waals surface area contributed by atoms with Gasteiger partial charge in [-0.15, -0.1) is 0 Å². The fourth-order valence-corrected chi connectivity index (χ4v) is 3.16. The molecule has 0 bridgehead atoms. The van der Waals surface area contributed by atoms with E-state index in [1.165, 1.54) is 17.5 Å². The standard InChI is InChI=1S/C19H17N3O2/c23-18-16(21-11-15-6-1-2-9-20-15)17(19(18)24)22-14-8-7-12-4-3-5-13(12)10-14/h1-2,6-10,21-22H,3-5,11H2. The molecular formula is C19H17N3O2. The maximum absolute atomic E-state index is 11.9. The third kappa shape index (κ3) is 2.58. The minimum absolute atomic E-state index is 0.339. The zero-order valence-electron chi connectivity index (χ0n) is 13.1. The van der Waals surface area contributed by atoms with Crippen molar-refractivity contribution in [1.29, 1.82) is 0 Å². The lowest BCUT2D eigenvalue weighted by Crippen LogP contribution is -2.36. The fourth-order valence-electron chi connectivity index (χ4n) is 3.16. The van der Waals surface area contributed by atoms with E-state index in [1.54, 1.807) is 6.20 Å². The first-order valence-electron chi connectivity index (χ1n) is 8.08. The number of fused-ring (bicyclic) bond motifs is 1. The van der Waals surface area contributed by atoms with Crippen molar-refractivity contribution in [2.45, 2.75) is 25.8 Å². The normalized spacial score (nSPS) is 13.0. The Morgan fingerprint density at radius 1 is 0.958 bits per heavy atom. The van der Waals surface area contributed by atoms with Crippen LogP contribution in [0.1, 0.15) is 23.2 Å². The van der Waals surface area contributed by atoms with Crippen molar-refractivity contribution >= 4 is 17.1 Å². The topological polar surface area (TPSA) is 71.1 Å². The van der Waals surface area contributed by atoms with E-state index in [0.29, 0.717) is 17.9 Å². The van der Waals surface area contributed by atoms with Gasteiger partial charge in [0.1, 0.15) is 11.4 Å². The molecule has 0 atom stereocenters. The van der Waals surface area contributed by atoms with E-state index in [-0.39, 0.29) is 0 Å². The van der Waals surface area contributed by atoms with Gasteiger partial charge in [0.25, 0.3) is 10.9 Å². The number of pyridine rings is 1. The first-order valence-corrected chi connectivity index (χ1v) is 8.08. The highest BCUT2D eigenvalue weighted by molar-refractivity contribution is 5.79. The molecule has 0 radical (unpaired) electrons. The number of nitrogens with one attached hydrogen (secondary N) is 2. The van der Waals surface area contributed by atoms with E-state index in [2.05, 4.69) is 27.8 Å². The van der Waals surface area contributed by atoms with Gasteiger partial charge in [-0.1, -0.05) is 12.1 Å². The maximum atomic E-state index is 11.9. The van der Waals surface area contributed by atoms with Gasteiger partial charge in [0.2, 0.25) is 0 Å².